The van der Waals surface area contributed by atoms with Crippen molar-refractivity contribution >= 4 is 5.69 Å². The third-order valence-corrected chi connectivity index (χ3v) is 5.07. The number of nitrogens with zero attached hydrogens (tertiary/aromatic N) is 3. The van der Waals surface area contributed by atoms with E-state index in [1.807, 2.05) is 24.4 Å². The van der Waals surface area contributed by atoms with Gasteiger partial charge in [-0.3, -0.25) is 4.90 Å². The fourth-order valence-electron chi connectivity index (χ4n) is 3.48. The molecule has 1 saturated heterocycles. The Hall–Kier alpha value is -2.63. The first-order chi connectivity index (χ1) is 13.2. The normalized spacial score (nSPS) is 17.8. The van der Waals surface area contributed by atoms with Crippen molar-refractivity contribution in [3.63, 3.8) is 0 Å². The monoisotopic (exact) mass is 362 g/mol. The van der Waals surface area contributed by atoms with Gasteiger partial charge in [-0.2, -0.15) is 0 Å². The smallest absolute Gasteiger partial charge is 0.126 e. The molecule has 0 bridgehead atoms. The lowest BCUT2D eigenvalue weighted by Crippen LogP contribution is -2.39. The van der Waals surface area contributed by atoms with Gasteiger partial charge in [-0.25, -0.2) is 4.98 Å². The summed E-state index contributed by atoms with van der Waals surface area (Å²) in [6.45, 7) is 3.22. The van der Waals surface area contributed by atoms with Gasteiger partial charge in [-0.05, 0) is 23.3 Å². The number of H-pyrrole nitrogens is 1. The molecule has 5 nitrogen and oxygen atoms in total. The first-order valence-corrected chi connectivity index (χ1v) is 9.39. The summed E-state index contributed by atoms with van der Waals surface area (Å²) in [5, 5.41) is 0. The molecule has 27 heavy (non-hydrogen) atoms. The molecule has 2 aromatic carbocycles. The van der Waals surface area contributed by atoms with Gasteiger partial charge in [0.15, 0.2) is 0 Å². The van der Waals surface area contributed by atoms with Crippen LogP contribution in [0.1, 0.15) is 17.4 Å². The van der Waals surface area contributed by atoms with E-state index in [2.05, 4.69) is 70.3 Å². The van der Waals surface area contributed by atoms with Crippen molar-refractivity contribution in [3.05, 3.63) is 72.2 Å². The number of hydrogen-bond donors (Lipinski definition) is 1. The van der Waals surface area contributed by atoms with E-state index in [4.69, 9.17) is 4.74 Å². The van der Waals surface area contributed by atoms with Gasteiger partial charge in [-0.15, -0.1) is 0 Å². The zero-order valence-corrected chi connectivity index (χ0v) is 15.9. The maximum Gasteiger partial charge on any atom is 0.126 e. The number of imidazole rings is 1. The van der Waals surface area contributed by atoms with E-state index >= 15 is 0 Å². The van der Waals surface area contributed by atoms with Gasteiger partial charge in [-0.1, -0.05) is 42.5 Å². The van der Waals surface area contributed by atoms with Gasteiger partial charge >= 0.3 is 0 Å². The second kappa shape index (κ2) is 7.94. The summed E-state index contributed by atoms with van der Waals surface area (Å²) < 4.78 is 5.76. The lowest BCUT2D eigenvalue weighted by atomic mass is 10.1. The van der Waals surface area contributed by atoms with Crippen LogP contribution in [0.2, 0.25) is 0 Å². The first-order valence-electron chi connectivity index (χ1n) is 9.39. The quantitative estimate of drug-likeness (QED) is 0.751. The van der Waals surface area contributed by atoms with Crippen molar-refractivity contribution in [3.8, 4) is 11.3 Å². The van der Waals surface area contributed by atoms with E-state index in [0.29, 0.717) is 6.61 Å². The maximum atomic E-state index is 5.76. The van der Waals surface area contributed by atoms with Crippen LogP contribution >= 0.6 is 0 Å². The van der Waals surface area contributed by atoms with Gasteiger partial charge in [0.1, 0.15) is 5.82 Å². The summed E-state index contributed by atoms with van der Waals surface area (Å²) in [5.74, 6) is 0.971. The number of benzene rings is 2. The van der Waals surface area contributed by atoms with Crippen LogP contribution in [0, 0.1) is 0 Å². The molecule has 0 saturated carbocycles. The Balaban J connectivity index is 1.52. The number of nitrogens with one attached hydrogen (secondary N) is 1. The molecule has 140 valence electrons. The number of ether oxygens (including phenoxy) is 1. The van der Waals surface area contributed by atoms with Crippen molar-refractivity contribution in [2.75, 3.05) is 38.8 Å². The highest BCUT2D eigenvalue weighted by atomic mass is 16.5. The highest BCUT2D eigenvalue weighted by Crippen LogP contribution is 2.27. The Bertz CT molecular complexity index is 858. The molecular formula is C22H26N4O. The van der Waals surface area contributed by atoms with Crippen LogP contribution in [0.25, 0.3) is 11.3 Å². The van der Waals surface area contributed by atoms with E-state index in [0.717, 1.165) is 36.8 Å². The zero-order valence-electron chi connectivity index (χ0n) is 15.9. The minimum atomic E-state index is 0.143. The SMILES string of the molecule is CN(C)c1ccc(CN2CCOCC2c2ncc(-c3ccccc3)[nH]2)cc1. The Morgan fingerprint density at radius 3 is 2.63 bits per heavy atom. The number of anilines is 1. The van der Waals surface area contributed by atoms with E-state index in [9.17, 15) is 0 Å². The molecule has 0 spiro atoms. The molecule has 1 aromatic heterocycles. The molecule has 1 unspecified atom stereocenters. The average Bonchev–Trinajstić information content (AvgIpc) is 3.19. The average molecular weight is 362 g/mol. The summed E-state index contributed by atoms with van der Waals surface area (Å²) in [6, 6.07) is 19.2. The van der Waals surface area contributed by atoms with Crippen LogP contribution in [0.4, 0.5) is 5.69 Å². The predicted octanol–water partition coefficient (Wildman–Crippen LogP) is 3.72. The van der Waals surface area contributed by atoms with Gasteiger partial charge < -0.3 is 14.6 Å². The lowest BCUT2D eigenvalue weighted by Gasteiger charge is -2.34. The number of morpholine rings is 1. The summed E-state index contributed by atoms with van der Waals surface area (Å²) in [6.07, 6.45) is 1.92. The highest BCUT2D eigenvalue weighted by Gasteiger charge is 2.27. The first kappa shape index (κ1) is 17.8. The van der Waals surface area contributed by atoms with E-state index in [1.54, 1.807) is 0 Å². The fraction of sp³-hybridized carbons (Fsp3) is 0.318. The third kappa shape index (κ3) is 4.04. The summed E-state index contributed by atoms with van der Waals surface area (Å²) in [5.41, 5.74) is 4.73. The van der Waals surface area contributed by atoms with Crippen LogP contribution in [0.5, 0.6) is 0 Å². The maximum absolute atomic E-state index is 5.76. The molecule has 1 fully saturated rings. The summed E-state index contributed by atoms with van der Waals surface area (Å²) in [4.78, 5) is 12.7. The molecule has 1 aliphatic heterocycles. The molecule has 1 aliphatic rings. The van der Waals surface area contributed by atoms with Crippen molar-refractivity contribution in [2.24, 2.45) is 0 Å². The zero-order chi connectivity index (χ0) is 18.6. The van der Waals surface area contributed by atoms with Crippen LogP contribution < -0.4 is 4.90 Å². The molecule has 2 heterocycles. The number of rotatable bonds is 5. The second-order valence-corrected chi connectivity index (χ2v) is 7.17. The molecule has 1 N–H and O–H groups in total. The number of hydrogen-bond acceptors (Lipinski definition) is 4. The standard InChI is InChI=1S/C22H26N4O/c1-25(2)19-10-8-17(9-11-19)15-26-12-13-27-16-21(26)22-23-14-20(24-22)18-6-4-3-5-7-18/h3-11,14,21H,12-13,15-16H2,1-2H3,(H,23,24). The Labute approximate surface area is 160 Å². The Morgan fingerprint density at radius 1 is 1.11 bits per heavy atom. The van der Waals surface area contributed by atoms with Gasteiger partial charge in [0.05, 0.1) is 31.1 Å². The summed E-state index contributed by atoms with van der Waals surface area (Å²) in [7, 11) is 4.13. The molecule has 4 rings (SSSR count). The Morgan fingerprint density at radius 2 is 1.89 bits per heavy atom. The van der Waals surface area contributed by atoms with Gasteiger partial charge in [0.25, 0.3) is 0 Å². The van der Waals surface area contributed by atoms with Crippen LogP contribution in [0.15, 0.2) is 60.8 Å². The molecular weight excluding hydrogens is 336 g/mol. The molecule has 0 amide bonds. The van der Waals surface area contributed by atoms with Crippen LogP contribution in [-0.4, -0.2) is 48.7 Å². The van der Waals surface area contributed by atoms with Crippen molar-refractivity contribution in [1.82, 2.24) is 14.9 Å². The number of aromatic nitrogens is 2. The molecule has 1 atom stereocenters. The van der Waals surface area contributed by atoms with E-state index < -0.39 is 0 Å². The lowest BCUT2D eigenvalue weighted by molar-refractivity contribution is -0.0156. The van der Waals surface area contributed by atoms with Crippen LogP contribution in [0.3, 0.4) is 0 Å². The van der Waals surface area contributed by atoms with Crippen molar-refractivity contribution in [1.29, 1.82) is 0 Å². The minimum absolute atomic E-state index is 0.143. The Kier molecular flexibility index (Phi) is 5.23. The van der Waals surface area contributed by atoms with Crippen molar-refractivity contribution < 1.29 is 4.74 Å². The van der Waals surface area contributed by atoms with E-state index in [1.165, 1.54) is 11.3 Å². The summed E-state index contributed by atoms with van der Waals surface area (Å²) >= 11 is 0. The topological polar surface area (TPSA) is 44.4 Å². The van der Waals surface area contributed by atoms with Gasteiger partial charge in [0, 0.05) is 32.9 Å². The highest BCUT2D eigenvalue weighted by molar-refractivity contribution is 5.58. The van der Waals surface area contributed by atoms with Gasteiger partial charge in [0.2, 0.25) is 0 Å². The van der Waals surface area contributed by atoms with Crippen molar-refractivity contribution in [2.45, 2.75) is 12.6 Å². The largest absolute Gasteiger partial charge is 0.378 e. The fourth-order valence-corrected chi connectivity index (χ4v) is 3.48. The molecule has 0 aliphatic carbocycles. The number of aromatic amines is 1. The van der Waals surface area contributed by atoms with Crippen LogP contribution in [-0.2, 0) is 11.3 Å². The minimum Gasteiger partial charge on any atom is -0.378 e. The molecule has 0 radical (unpaired) electrons. The second-order valence-electron chi connectivity index (χ2n) is 7.17. The van der Waals surface area contributed by atoms with E-state index in [-0.39, 0.29) is 6.04 Å². The predicted molar refractivity (Wildman–Crippen MR) is 109 cm³/mol. The molecule has 3 aromatic rings. The third-order valence-electron chi connectivity index (χ3n) is 5.07. The molecule has 5 heteroatoms.